The van der Waals surface area contributed by atoms with Crippen LogP contribution in [0.15, 0.2) is 71.6 Å². The number of carbonyl (C=O) groups excluding carboxylic acids is 1. The van der Waals surface area contributed by atoms with Crippen LogP contribution in [-0.4, -0.2) is 35.1 Å². The molecule has 0 saturated heterocycles. The summed E-state index contributed by atoms with van der Waals surface area (Å²) in [6, 6.07) is 18.6. The lowest BCUT2D eigenvalue weighted by atomic mass is 10.0. The van der Waals surface area contributed by atoms with Crippen LogP contribution in [0.5, 0.6) is 11.5 Å². The number of fused-ring (bicyclic) bond motifs is 1. The molecule has 4 rings (SSSR count). The van der Waals surface area contributed by atoms with E-state index in [1.807, 2.05) is 24.3 Å². The molecule has 1 heterocycles. The summed E-state index contributed by atoms with van der Waals surface area (Å²) in [6.45, 7) is 0.440. The molecule has 7 nitrogen and oxygen atoms in total. The van der Waals surface area contributed by atoms with Crippen LogP contribution >= 0.6 is 0 Å². The van der Waals surface area contributed by atoms with Crippen molar-refractivity contribution in [2.75, 3.05) is 30.4 Å². The normalized spacial score (nSPS) is 13.2. The van der Waals surface area contributed by atoms with Crippen LogP contribution in [0.1, 0.15) is 22.3 Å². The van der Waals surface area contributed by atoms with E-state index in [0.29, 0.717) is 29.3 Å². The number of nitrogens with one attached hydrogen (secondary N) is 1. The molecule has 0 unspecified atom stereocenters. The highest BCUT2D eigenvalue weighted by atomic mass is 32.2. The van der Waals surface area contributed by atoms with Gasteiger partial charge in [-0.15, -0.1) is 0 Å². The van der Waals surface area contributed by atoms with E-state index in [9.17, 15) is 13.2 Å². The Hall–Kier alpha value is -3.52. The Morgan fingerprint density at radius 2 is 1.72 bits per heavy atom. The lowest BCUT2D eigenvalue weighted by Gasteiger charge is -2.30. The molecule has 0 spiro atoms. The number of anilines is 2. The molecular weight excluding hydrogens is 428 g/mol. The van der Waals surface area contributed by atoms with Crippen LogP contribution in [0, 0.1) is 0 Å². The molecule has 32 heavy (non-hydrogen) atoms. The maximum absolute atomic E-state index is 13.3. The molecule has 0 radical (unpaired) electrons. The van der Waals surface area contributed by atoms with Gasteiger partial charge in [0.25, 0.3) is 15.9 Å². The summed E-state index contributed by atoms with van der Waals surface area (Å²) >= 11 is 0. The van der Waals surface area contributed by atoms with Gasteiger partial charge in [-0.05, 0) is 60.9 Å². The molecular formula is C24H24N2O5S. The van der Waals surface area contributed by atoms with Gasteiger partial charge in [-0.2, -0.15) is 0 Å². The summed E-state index contributed by atoms with van der Waals surface area (Å²) in [5.41, 5.74) is 2.57. The van der Waals surface area contributed by atoms with Crippen LogP contribution in [-0.2, 0) is 16.4 Å². The van der Waals surface area contributed by atoms with Crippen molar-refractivity contribution in [3.05, 3.63) is 77.9 Å². The lowest BCUT2D eigenvalue weighted by molar-refractivity contribution is 0.102. The van der Waals surface area contributed by atoms with Gasteiger partial charge in [-0.1, -0.05) is 18.2 Å². The number of aryl methyl sites for hydroxylation is 1. The number of amides is 1. The predicted octanol–water partition coefficient (Wildman–Crippen LogP) is 4.10. The number of nitrogens with zero attached hydrogens (tertiary/aromatic N) is 1. The highest BCUT2D eigenvalue weighted by Crippen LogP contribution is 2.32. The van der Waals surface area contributed by atoms with Gasteiger partial charge in [0.15, 0.2) is 0 Å². The largest absolute Gasteiger partial charge is 0.497 e. The topological polar surface area (TPSA) is 84.9 Å². The Labute approximate surface area is 187 Å². The number of rotatable bonds is 6. The quantitative estimate of drug-likeness (QED) is 0.609. The first-order valence-electron chi connectivity index (χ1n) is 10.2. The van der Waals surface area contributed by atoms with Crippen molar-refractivity contribution < 1.29 is 22.7 Å². The average molecular weight is 453 g/mol. The predicted molar refractivity (Wildman–Crippen MR) is 123 cm³/mol. The van der Waals surface area contributed by atoms with Crippen LogP contribution in [0.3, 0.4) is 0 Å². The van der Waals surface area contributed by atoms with E-state index in [4.69, 9.17) is 9.47 Å². The minimum atomic E-state index is -3.70. The van der Waals surface area contributed by atoms with Crippen LogP contribution in [0.2, 0.25) is 0 Å². The zero-order chi connectivity index (χ0) is 22.7. The summed E-state index contributed by atoms with van der Waals surface area (Å²) in [5.74, 6) is 0.585. The first-order valence-corrected chi connectivity index (χ1v) is 11.6. The second kappa shape index (κ2) is 8.92. The second-order valence-electron chi connectivity index (χ2n) is 7.35. The lowest BCUT2D eigenvalue weighted by Crippen LogP contribution is -2.35. The van der Waals surface area contributed by atoms with E-state index in [1.165, 1.54) is 30.7 Å². The average Bonchev–Trinajstić information content (AvgIpc) is 2.83. The van der Waals surface area contributed by atoms with Crippen molar-refractivity contribution >= 4 is 27.3 Å². The molecule has 0 atom stereocenters. The van der Waals surface area contributed by atoms with E-state index >= 15 is 0 Å². The van der Waals surface area contributed by atoms with Gasteiger partial charge >= 0.3 is 0 Å². The molecule has 8 heteroatoms. The molecule has 0 bridgehead atoms. The van der Waals surface area contributed by atoms with E-state index in [0.717, 1.165) is 24.1 Å². The van der Waals surface area contributed by atoms with Crippen LogP contribution in [0.25, 0.3) is 0 Å². The fourth-order valence-corrected chi connectivity index (χ4v) is 5.31. The third-order valence-corrected chi connectivity index (χ3v) is 7.25. The summed E-state index contributed by atoms with van der Waals surface area (Å²) in [6.07, 6.45) is 1.63. The van der Waals surface area contributed by atoms with Crippen molar-refractivity contribution in [3.8, 4) is 11.5 Å². The Kier molecular flexibility index (Phi) is 6.05. The zero-order valence-electron chi connectivity index (χ0n) is 17.9. The van der Waals surface area contributed by atoms with E-state index in [-0.39, 0.29) is 10.8 Å². The fourth-order valence-electron chi connectivity index (χ4n) is 3.77. The fraction of sp³-hybridized carbons (Fsp3) is 0.208. The molecule has 1 N–H and O–H groups in total. The number of carbonyl (C=O) groups is 1. The van der Waals surface area contributed by atoms with Gasteiger partial charge in [-0.25, -0.2) is 8.42 Å². The van der Waals surface area contributed by atoms with Gasteiger partial charge in [-0.3, -0.25) is 9.10 Å². The molecule has 3 aromatic carbocycles. The molecule has 0 saturated carbocycles. The first kappa shape index (κ1) is 21.7. The van der Waals surface area contributed by atoms with Crippen molar-refractivity contribution in [1.82, 2.24) is 0 Å². The zero-order valence-corrected chi connectivity index (χ0v) is 18.7. The standard InChI is InChI=1S/C24H24N2O5S/c1-30-19-11-14-21(23(16-19)31-2)24(27)25-18-9-12-20(13-10-18)32(28,29)26-15-5-7-17-6-3-4-8-22(17)26/h3-4,6,8-14,16H,5,7,15H2,1-2H3,(H,25,27). The maximum atomic E-state index is 13.3. The number of ether oxygens (including phenoxy) is 2. The summed E-state index contributed by atoms with van der Waals surface area (Å²) < 4.78 is 38.4. The molecule has 1 aliphatic heterocycles. The Bertz CT molecular complexity index is 1240. The number of para-hydroxylation sites is 1. The summed E-state index contributed by atoms with van der Waals surface area (Å²) in [5, 5.41) is 2.78. The number of sulfonamides is 1. The van der Waals surface area contributed by atoms with Gasteiger partial charge in [0.2, 0.25) is 0 Å². The molecule has 0 aromatic heterocycles. The highest BCUT2D eigenvalue weighted by molar-refractivity contribution is 7.92. The SMILES string of the molecule is COc1ccc(C(=O)Nc2ccc(S(=O)(=O)N3CCCc4ccccc43)cc2)c(OC)c1. The van der Waals surface area contributed by atoms with E-state index in [1.54, 1.807) is 30.3 Å². The van der Waals surface area contributed by atoms with Gasteiger partial charge in [0.05, 0.1) is 30.4 Å². The maximum Gasteiger partial charge on any atom is 0.264 e. The summed E-state index contributed by atoms with van der Waals surface area (Å²) in [4.78, 5) is 12.9. The Morgan fingerprint density at radius 1 is 0.969 bits per heavy atom. The summed E-state index contributed by atoms with van der Waals surface area (Å²) in [7, 11) is -0.694. The molecule has 0 fully saturated rings. The van der Waals surface area contributed by atoms with Crippen LogP contribution < -0.4 is 19.1 Å². The number of benzene rings is 3. The van der Waals surface area contributed by atoms with E-state index in [2.05, 4.69) is 5.32 Å². The third-order valence-electron chi connectivity index (χ3n) is 5.42. The van der Waals surface area contributed by atoms with Gasteiger partial charge in [0.1, 0.15) is 11.5 Å². The molecule has 0 aliphatic carbocycles. The van der Waals surface area contributed by atoms with Gasteiger partial charge < -0.3 is 14.8 Å². The van der Waals surface area contributed by atoms with Crippen molar-refractivity contribution in [2.45, 2.75) is 17.7 Å². The Balaban J connectivity index is 1.55. The monoisotopic (exact) mass is 452 g/mol. The first-order chi connectivity index (χ1) is 15.4. The van der Waals surface area contributed by atoms with Gasteiger partial charge in [0, 0.05) is 18.3 Å². The minimum Gasteiger partial charge on any atom is -0.497 e. The smallest absolute Gasteiger partial charge is 0.264 e. The van der Waals surface area contributed by atoms with Crippen molar-refractivity contribution in [3.63, 3.8) is 0 Å². The minimum absolute atomic E-state index is 0.175. The molecule has 1 aliphatic rings. The number of hydrogen-bond acceptors (Lipinski definition) is 5. The molecule has 1 amide bonds. The van der Waals surface area contributed by atoms with Crippen LogP contribution in [0.4, 0.5) is 11.4 Å². The Morgan fingerprint density at radius 3 is 2.44 bits per heavy atom. The number of methoxy groups -OCH3 is 2. The third kappa shape index (κ3) is 4.13. The number of hydrogen-bond donors (Lipinski definition) is 1. The molecule has 3 aromatic rings. The van der Waals surface area contributed by atoms with Crippen molar-refractivity contribution in [2.24, 2.45) is 0 Å². The van der Waals surface area contributed by atoms with Crippen molar-refractivity contribution in [1.29, 1.82) is 0 Å². The molecule has 166 valence electrons. The highest BCUT2D eigenvalue weighted by Gasteiger charge is 2.28. The van der Waals surface area contributed by atoms with E-state index < -0.39 is 10.0 Å². The second-order valence-corrected chi connectivity index (χ2v) is 9.22.